The fourth-order valence-electron chi connectivity index (χ4n) is 2.07. The van der Waals surface area contributed by atoms with Crippen LogP contribution in [0.4, 0.5) is 0 Å². The Morgan fingerprint density at radius 1 is 1.43 bits per heavy atom. The van der Waals surface area contributed by atoms with E-state index in [9.17, 15) is 14.7 Å². The number of esters is 1. The Balaban J connectivity index is 1.82. The summed E-state index contributed by atoms with van der Waals surface area (Å²) in [7, 11) is 0. The third kappa shape index (κ3) is 3.13. The largest absolute Gasteiger partial charge is 0.506 e. The van der Waals surface area contributed by atoms with E-state index in [1.54, 1.807) is 24.6 Å². The summed E-state index contributed by atoms with van der Waals surface area (Å²) in [6.07, 6.45) is 1.63. The van der Waals surface area contributed by atoms with Crippen LogP contribution in [0.2, 0.25) is 0 Å². The van der Waals surface area contributed by atoms with Crippen LogP contribution in [0, 0.1) is 6.92 Å². The first-order chi connectivity index (χ1) is 11.0. The lowest BCUT2D eigenvalue weighted by Crippen LogP contribution is -2.14. The molecule has 0 atom stereocenters. The highest BCUT2D eigenvalue weighted by Gasteiger charge is 2.16. The molecule has 0 unspecified atom stereocenters. The summed E-state index contributed by atoms with van der Waals surface area (Å²) in [6.45, 7) is 1.65. The highest BCUT2D eigenvalue weighted by atomic mass is 79.9. The molecule has 0 spiro atoms. The molecule has 3 aromatic rings. The fraction of sp³-hybridized carbons (Fsp3) is 0.133. The SMILES string of the molecule is Cc1cc(Br)c(O)c(C(=O)OCc2cc(=O)n3ccsc3n2)c1. The van der Waals surface area contributed by atoms with E-state index < -0.39 is 5.97 Å². The maximum absolute atomic E-state index is 12.1. The zero-order valence-electron chi connectivity index (χ0n) is 11.9. The van der Waals surface area contributed by atoms with Gasteiger partial charge in [0.05, 0.1) is 10.2 Å². The van der Waals surface area contributed by atoms with Gasteiger partial charge in [-0.05, 0) is 40.5 Å². The Labute approximate surface area is 143 Å². The lowest BCUT2D eigenvalue weighted by atomic mass is 10.1. The molecule has 1 aromatic carbocycles. The smallest absolute Gasteiger partial charge is 0.342 e. The Morgan fingerprint density at radius 3 is 3.00 bits per heavy atom. The van der Waals surface area contributed by atoms with Crippen LogP contribution in [0.1, 0.15) is 21.6 Å². The number of aromatic hydroxyl groups is 1. The third-order valence-corrected chi connectivity index (χ3v) is 4.50. The molecular formula is C15H11BrN2O4S. The summed E-state index contributed by atoms with van der Waals surface area (Å²) in [6, 6.07) is 4.55. The normalized spacial score (nSPS) is 10.9. The minimum atomic E-state index is -0.680. The quantitative estimate of drug-likeness (QED) is 0.690. The predicted molar refractivity (Wildman–Crippen MR) is 89.0 cm³/mol. The van der Waals surface area contributed by atoms with Gasteiger partial charge in [-0.25, -0.2) is 9.78 Å². The molecule has 23 heavy (non-hydrogen) atoms. The van der Waals surface area contributed by atoms with E-state index in [1.807, 2.05) is 0 Å². The number of carbonyl (C=O) groups excluding carboxylic acids is 1. The zero-order chi connectivity index (χ0) is 16.6. The van der Waals surface area contributed by atoms with Crippen molar-refractivity contribution in [3.63, 3.8) is 0 Å². The van der Waals surface area contributed by atoms with Crippen LogP contribution in [0.5, 0.6) is 5.75 Å². The number of nitrogens with zero attached hydrogens (tertiary/aromatic N) is 2. The van der Waals surface area contributed by atoms with E-state index in [0.717, 1.165) is 5.56 Å². The van der Waals surface area contributed by atoms with Crippen molar-refractivity contribution in [2.24, 2.45) is 0 Å². The molecule has 6 nitrogen and oxygen atoms in total. The minimum Gasteiger partial charge on any atom is -0.506 e. The van der Waals surface area contributed by atoms with Crippen molar-refractivity contribution in [3.8, 4) is 5.75 Å². The maximum atomic E-state index is 12.1. The Kier molecular flexibility index (Phi) is 4.18. The Bertz CT molecular complexity index is 964. The van der Waals surface area contributed by atoms with Crippen molar-refractivity contribution in [1.29, 1.82) is 0 Å². The van der Waals surface area contributed by atoms with E-state index in [-0.39, 0.29) is 23.5 Å². The van der Waals surface area contributed by atoms with Crippen LogP contribution in [-0.2, 0) is 11.3 Å². The van der Waals surface area contributed by atoms with Gasteiger partial charge in [-0.15, -0.1) is 11.3 Å². The number of thiazole rings is 1. The first-order valence-electron chi connectivity index (χ1n) is 6.58. The molecule has 0 fully saturated rings. The number of rotatable bonds is 3. The molecule has 2 heterocycles. The molecule has 0 radical (unpaired) electrons. The van der Waals surface area contributed by atoms with Crippen molar-refractivity contribution >= 4 is 38.2 Å². The van der Waals surface area contributed by atoms with Crippen LogP contribution in [0.15, 0.2) is 39.0 Å². The fourth-order valence-corrected chi connectivity index (χ4v) is 3.38. The van der Waals surface area contributed by atoms with Crippen LogP contribution in [0.25, 0.3) is 4.96 Å². The monoisotopic (exact) mass is 394 g/mol. The molecule has 8 heteroatoms. The van der Waals surface area contributed by atoms with E-state index in [0.29, 0.717) is 15.1 Å². The molecule has 2 aromatic heterocycles. The number of hydrogen-bond acceptors (Lipinski definition) is 6. The van der Waals surface area contributed by atoms with Crippen molar-refractivity contribution in [3.05, 3.63) is 61.4 Å². The molecule has 0 saturated carbocycles. The standard InChI is InChI=1S/C15H11BrN2O4S/c1-8-4-10(13(20)11(16)5-8)14(21)22-7-9-6-12(19)18-2-3-23-15(18)17-9/h2-6,20H,7H2,1H3. The van der Waals surface area contributed by atoms with E-state index in [1.165, 1.54) is 27.9 Å². The summed E-state index contributed by atoms with van der Waals surface area (Å²) >= 11 is 4.50. The van der Waals surface area contributed by atoms with Gasteiger partial charge < -0.3 is 9.84 Å². The second kappa shape index (κ2) is 6.13. The number of halogens is 1. The first-order valence-corrected chi connectivity index (χ1v) is 8.25. The zero-order valence-corrected chi connectivity index (χ0v) is 14.3. The topological polar surface area (TPSA) is 80.9 Å². The number of carbonyl (C=O) groups is 1. The Hall–Kier alpha value is -2.19. The van der Waals surface area contributed by atoms with Gasteiger partial charge in [-0.3, -0.25) is 9.20 Å². The number of benzene rings is 1. The summed E-state index contributed by atoms with van der Waals surface area (Å²) in [4.78, 5) is 28.8. The summed E-state index contributed by atoms with van der Waals surface area (Å²) < 4.78 is 6.99. The molecule has 118 valence electrons. The number of phenolic OH excluding ortho intramolecular Hbond substituents is 1. The van der Waals surface area contributed by atoms with Crippen molar-refractivity contribution < 1.29 is 14.6 Å². The van der Waals surface area contributed by atoms with Gasteiger partial charge in [-0.2, -0.15) is 0 Å². The number of hydrogen-bond donors (Lipinski definition) is 1. The van der Waals surface area contributed by atoms with Gasteiger partial charge in [0.1, 0.15) is 17.9 Å². The van der Waals surface area contributed by atoms with Gasteiger partial charge in [0.25, 0.3) is 5.56 Å². The average molecular weight is 395 g/mol. The van der Waals surface area contributed by atoms with Gasteiger partial charge >= 0.3 is 5.97 Å². The van der Waals surface area contributed by atoms with Crippen LogP contribution in [-0.4, -0.2) is 20.5 Å². The highest BCUT2D eigenvalue weighted by Crippen LogP contribution is 2.29. The second-order valence-electron chi connectivity index (χ2n) is 4.86. The number of aryl methyl sites for hydroxylation is 1. The van der Waals surface area contributed by atoms with E-state index in [4.69, 9.17) is 4.74 Å². The first kappa shape index (κ1) is 15.7. The number of phenols is 1. The molecule has 0 bridgehead atoms. The van der Waals surface area contributed by atoms with Gasteiger partial charge in [0, 0.05) is 17.6 Å². The van der Waals surface area contributed by atoms with E-state index in [2.05, 4.69) is 20.9 Å². The van der Waals surface area contributed by atoms with Crippen molar-refractivity contribution in [2.75, 3.05) is 0 Å². The average Bonchev–Trinajstić information content (AvgIpc) is 2.97. The minimum absolute atomic E-state index is 0.0609. The van der Waals surface area contributed by atoms with Crippen molar-refractivity contribution in [2.45, 2.75) is 13.5 Å². The van der Waals surface area contributed by atoms with E-state index >= 15 is 0 Å². The van der Waals surface area contributed by atoms with Crippen LogP contribution >= 0.6 is 27.3 Å². The van der Waals surface area contributed by atoms with Gasteiger partial charge in [0.15, 0.2) is 4.96 Å². The highest BCUT2D eigenvalue weighted by molar-refractivity contribution is 9.10. The molecular weight excluding hydrogens is 384 g/mol. The molecule has 0 amide bonds. The molecule has 3 rings (SSSR count). The van der Waals surface area contributed by atoms with Gasteiger partial charge in [0.2, 0.25) is 0 Å². The predicted octanol–water partition coefficient (Wildman–Crippen LogP) is 2.89. The molecule has 1 N–H and O–H groups in total. The lowest BCUT2D eigenvalue weighted by molar-refractivity contribution is 0.0464. The molecule has 0 saturated heterocycles. The molecule has 0 aliphatic rings. The second-order valence-corrected chi connectivity index (χ2v) is 6.59. The summed E-state index contributed by atoms with van der Waals surface area (Å²) in [5, 5.41) is 11.7. The number of ether oxygens (including phenoxy) is 1. The van der Waals surface area contributed by atoms with Crippen LogP contribution < -0.4 is 5.56 Å². The van der Waals surface area contributed by atoms with Crippen LogP contribution in [0.3, 0.4) is 0 Å². The molecule has 0 aliphatic carbocycles. The third-order valence-electron chi connectivity index (χ3n) is 3.14. The van der Waals surface area contributed by atoms with Crippen molar-refractivity contribution in [1.82, 2.24) is 9.38 Å². The van der Waals surface area contributed by atoms with Gasteiger partial charge in [-0.1, -0.05) is 0 Å². The number of fused-ring (bicyclic) bond motifs is 1. The Morgan fingerprint density at radius 2 is 2.22 bits per heavy atom. The molecule has 0 aliphatic heterocycles. The lowest BCUT2D eigenvalue weighted by Gasteiger charge is -2.08. The summed E-state index contributed by atoms with van der Waals surface area (Å²) in [5.41, 5.74) is 0.990. The number of aromatic nitrogens is 2. The maximum Gasteiger partial charge on any atom is 0.342 e. The summed E-state index contributed by atoms with van der Waals surface area (Å²) in [5.74, 6) is -0.859.